The van der Waals surface area contributed by atoms with Crippen LogP contribution in [0.1, 0.15) is 55.7 Å². The minimum Gasteiger partial charge on any atom is -0.497 e. The van der Waals surface area contributed by atoms with Crippen molar-refractivity contribution in [1.82, 2.24) is 10.2 Å². The Labute approximate surface area is 260 Å². The molecule has 3 aromatic rings. The van der Waals surface area contributed by atoms with Crippen LogP contribution in [0.2, 0.25) is 5.02 Å². The zero-order valence-electron chi connectivity index (χ0n) is 25.2. The van der Waals surface area contributed by atoms with E-state index in [1.54, 1.807) is 50.4 Å². The minimum absolute atomic E-state index is 0.0515. The molecule has 1 aliphatic rings. The molecule has 1 N–H and O–H groups in total. The van der Waals surface area contributed by atoms with Crippen LogP contribution in [-0.2, 0) is 26.2 Å². The van der Waals surface area contributed by atoms with Gasteiger partial charge in [0.25, 0.3) is 10.0 Å². The molecule has 0 bridgehead atoms. The second kappa shape index (κ2) is 14.3. The number of nitrogens with zero attached hydrogens (tertiary/aromatic N) is 2. The van der Waals surface area contributed by atoms with Gasteiger partial charge in [0.2, 0.25) is 11.8 Å². The Bertz CT molecular complexity index is 1540. The lowest BCUT2D eigenvalue weighted by atomic mass is 10.1. The molecule has 230 valence electrons. The van der Waals surface area contributed by atoms with Crippen LogP contribution in [0, 0.1) is 13.8 Å². The van der Waals surface area contributed by atoms with Crippen LogP contribution in [0.25, 0.3) is 0 Å². The quantitative estimate of drug-likeness (QED) is 0.265. The zero-order chi connectivity index (χ0) is 31.1. The summed E-state index contributed by atoms with van der Waals surface area (Å²) < 4.78 is 34.7. The van der Waals surface area contributed by atoms with Gasteiger partial charge in [-0.2, -0.15) is 0 Å². The highest BCUT2D eigenvalue weighted by atomic mass is 35.5. The van der Waals surface area contributed by atoms with Gasteiger partial charge in [0.1, 0.15) is 18.3 Å². The number of rotatable bonds is 12. The largest absolute Gasteiger partial charge is 0.497 e. The summed E-state index contributed by atoms with van der Waals surface area (Å²) in [6, 6.07) is 18.0. The molecule has 0 saturated heterocycles. The number of methoxy groups -OCH3 is 1. The highest BCUT2D eigenvalue weighted by Crippen LogP contribution is 2.31. The summed E-state index contributed by atoms with van der Waals surface area (Å²) in [5, 5.41) is 3.51. The molecule has 1 fully saturated rings. The standard InChI is InChI=1S/C33H40ClN3O5S/c1-5-30(33(39)35-26-11-6-7-12-26)36(21-25-10-8-13-27(20-25)42-4)32(38)22-37(31-15-9-14-29(34)24(31)3)43(40,41)28-18-16-23(2)17-19-28/h8-10,13-20,26,30H,5-7,11-12,21-22H2,1-4H3,(H,35,39). The lowest BCUT2D eigenvalue weighted by Crippen LogP contribution is -2.53. The molecule has 1 atom stereocenters. The summed E-state index contributed by atoms with van der Waals surface area (Å²) in [5.74, 6) is -0.129. The van der Waals surface area contributed by atoms with E-state index in [4.69, 9.17) is 16.3 Å². The molecule has 10 heteroatoms. The van der Waals surface area contributed by atoms with Gasteiger partial charge in [-0.3, -0.25) is 13.9 Å². The first-order valence-corrected chi connectivity index (χ1v) is 16.4. The maximum absolute atomic E-state index is 14.3. The summed E-state index contributed by atoms with van der Waals surface area (Å²) in [6.45, 7) is 5.02. The molecule has 8 nitrogen and oxygen atoms in total. The fourth-order valence-corrected chi connectivity index (χ4v) is 7.11. The fraction of sp³-hybridized carbons (Fsp3) is 0.394. The molecule has 4 rings (SSSR count). The third kappa shape index (κ3) is 7.70. The number of aryl methyl sites for hydroxylation is 1. The van der Waals surface area contributed by atoms with E-state index in [1.807, 2.05) is 32.0 Å². The first kappa shape index (κ1) is 32.4. The molecule has 2 amide bonds. The monoisotopic (exact) mass is 625 g/mol. The highest BCUT2D eigenvalue weighted by Gasteiger charge is 2.35. The predicted octanol–water partition coefficient (Wildman–Crippen LogP) is 6.03. The maximum Gasteiger partial charge on any atom is 0.264 e. The van der Waals surface area contributed by atoms with E-state index in [0.717, 1.165) is 41.1 Å². The number of hydrogen-bond donors (Lipinski definition) is 1. The molecular weight excluding hydrogens is 586 g/mol. The first-order chi connectivity index (χ1) is 20.5. The van der Waals surface area contributed by atoms with Crippen molar-refractivity contribution in [2.45, 2.75) is 76.4 Å². The van der Waals surface area contributed by atoms with Gasteiger partial charge in [-0.15, -0.1) is 0 Å². The molecular formula is C33H40ClN3O5S. The lowest BCUT2D eigenvalue weighted by molar-refractivity contribution is -0.140. The van der Waals surface area contributed by atoms with Crippen molar-refractivity contribution in [2.75, 3.05) is 18.0 Å². The number of anilines is 1. The summed E-state index contributed by atoms with van der Waals surface area (Å²) in [6.07, 6.45) is 4.28. The molecule has 43 heavy (non-hydrogen) atoms. The highest BCUT2D eigenvalue weighted by molar-refractivity contribution is 7.92. The van der Waals surface area contributed by atoms with Gasteiger partial charge in [-0.1, -0.05) is 67.3 Å². The predicted molar refractivity (Wildman–Crippen MR) is 170 cm³/mol. The van der Waals surface area contributed by atoms with Crippen molar-refractivity contribution < 1.29 is 22.7 Å². The zero-order valence-corrected chi connectivity index (χ0v) is 26.7. The fourth-order valence-electron chi connectivity index (χ4n) is 5.47. The van der Waals surface area contributed by atoms with E-state index in [0.29, 0.717) is 28.4 Å². The van der Waals surface area contributed by atoms with Crippen molar-refractivity contribution in [3.63, 3.8) is 0 Å². The van der Waals surface area contributed by atoms with Crippen LogP contribution < -0.4 is 14.4 Å². The lowest BCUT2D eigenvalue weighted by Gasteiger charge is -2.34. The van der Waals surface area contributed by atoms with Crippen molar-refractivity contribution in [3.8, 4) is 5.75 Å². The number of carbonyl (C=O) groups excluding carboxylic acids is 2. The third-order valence-corrected chi connectivity index (χ3v) is 10.2. The molecule has 0 heterocycles. The summed E-state index contributed by atoms with van der Waals surface area (Å²) >= 11 is 6.42. The second-order valence-electron chi connectivity index (χ2n) is 11.0. The van der Waals surface area contributed by atoms with Crippen LogP contribution in [0.3, 0.4) is 0 Å². The Kier molecular flexibility index (Phi) is 10.7. The van der Waals surface area contributed by atoms with Gasteiger partial charge in [-0.05, 0) is 80.6 Å². The van der Waals surface area contributed by atoms with Crippen molar-refractivity contribution in [3.05, 3.63) is 88.4 Å². The SMILES string of the molecule is CCC(C(=O)NC1CCCC1)N(Cc1cccc(OC)c1)C(=O)CN(c1cccc(Cl)c1C)S(=O)(=O)c1ccc(C)cc1. The number of benzene rings is 3. The molecule has 1 saturated carbocycles. The summed E-state index contributed by atoms with van der Waals surface area (Å²) in [4.78, 5) is 29.5. The number of carbonyl (C=O) groups is 2. The first-order valence-electron chi connectivity index (χ1n) is 14.6. The molecule has 3 aromatic carbocycles. The van der Waals surface area contributed by atoms with E-state index in [9.17, 15) is 18.0 Å². The average molecular weight is 626 g/mol. The number of amides is 2. The van der Waals surface area contributed by atoms with Crippen LogP contribution in [0.15, 0.2) is 71.6 Å². The van der Waals surface area contributed by atoms with E-state index in [-0.39, 0.29) is 23.4 Å². The Balaban J connectivity index is 1.75. The number of halogens is 1. The smallest absolute Gasteiger partial charge is 0.264 e. The molecule has 0 spiro atoms. The van der Waals surface area contributed by atoms with E-state index in [1.165, 1.54) is 17.0 Å². The number of ether oxygens (including phenoxy) is 1. The van der Waals surface area contributed by atoms with Crippen molar-refractivity contribution >= 4 is 39.1 Å². The third-order valence-electron chi connectivity index (χ3n) is 7.97. The van der Waals surface area contributed by atoms with E-state index >= 15 is 0 Å². The van der Waals surface area contributed by atoms with Gasteiger partial charge >= 0.3 is 0 Å². The number of hydrogen-bond acceptors (Lipinski definition) is 5. The van der Waals surface area contributed by atoms with Crippen LogP contribution in [0.5, 0.6) is 5.75 Å². The van der Waals surface area contributed by atoms with Crippen LogP contribution >= 0.6 is 11.6 Å². The van der Waals surface area contributed by atoms with Gasteiger partial charge in [-0.25, -0.2) is 8.42 Å². The van der Waals surface area contributed by atoms with Gasteiger partial charge < -0.3 is 15.0 Å². The van der Waals surface area contributed by atoms with Crippen molar-refractivity contribution in [1.29, 1.82) is 0 Å². The van der Waals surface area contributed by atoms with Crippen LogP contribution in [0.4, 0.5) is 5.69 Å². The average Bonchev–Trinajstić information content (AvgIpc) is 3.50. The Morgan fingerprint density at radius 3 is 2.35 bits per heavy atom. The Morgan fingerprint density at radius 1 is 1.02 bits per heavy atom. The van der Waals surface area contributed by atoms with Gasteiger partial charge in [0.05, 0.1) is 17.7 Å². The van der Waals surface area contributed by atoms with Gasteiger partial charge in [0, 0.05) is 17.6 Å². The summed E-state index contributed by atoms with van der Waals surface area (Å²) in [5.41, 5.74) is 2.49. The molecule has 1 unspecified atom stereocenters. The number of nitrogens with one attached hydrogen (secondary N) is 1. The maximum atomic E-state index is 14.3. The van der Waals surface area contributed by atoms with Gasteiger partial charge in [0.15, 0.2) is 0 Å². The molecule has 0 aromatic heterocycles. The molecule has 0 aliphatic heterocycles. The molecule has 1 aliphatic carbocycles. The molecule has 0 radical (unpaired) electrons. The number of sulfonamides is 1. The minimum atomic E-state index is -4.19. The summed E-state index contributed by atoms with van der Waals surface area (Å²) in [7, 11) is -2.62. The Hall–Kier alpha value is -3.56. The normalized spacial score (nSPS) is 14.3. The van der Waals surface area contributed by atoms with E-state index < -0.39 is 28.5 Å². The van der Waals surface area contributed by atoms with Crippen molar-refractivity contribution in [2.24, 2.45) is 0 Å². The second-order valence-corrected chi connectivity index (χ2v) is 13.3. The topological polar surface area (TPSA) is 96.0 Å². The van der Waals surface area contributed by atoms with Crippen LogP contribution in [-0.4, -0.2) is 50.9 Å². The van der Waals surface area contributed by atoms with E-state index in [2.05, 4.69) is 5.32 Å². The Morgan fingerprint density at radius 2 is 1.70 bits per heavy atom.